The highest BCUT2D eigenvalue weighted by Gasteiger charge is 2.35. The van der Waals surface area contributed by atoms with Gasteiger partial charge in [0.15, 0.2) is 0 Å². The lowest BCUT2D eigenvalue weighted by atomic mass is 10.2. The van der Waals surface area contributed by atoms with E-state index < -0.39 is 29.2 Å². The third-order valence-corrected chi connectivity index (χ3v) is 1.61. The third-order valence-electron chi connectivity index (χ3n) is 1.61. The molecule has 0 spiro atoms. The minimum absolute atomic E-state index is 0.432. The number of aromatic nitrogens is 1. The number of halogens is 3. The number of carboxylic acids is 1. The summed E-state index contributed by atoms with van der Waals surface area (Å²) in [6.45, 7) is 0. The smallest absolute Gasteiger partial charge is 0.420 e. The minimum Gasteiger partial charge on any atom is -0.495 e. The number of pyridine rings is 1. The van der Waals surface area contributed by atoms with Crippen molar-refractivity contribution in [3.63, 3.8) is 0 Å². The molecule has 4 nitrogen and oxygen atoms in total. The number of nitrogens with zero attached hydrogens (tertiary/aromatic N) is 1. The molecule has 15 heavy (non-hydrogen) atoms. The van der Waals surface area contributed by atoms with Crippen molar-refractivity contribution in [2.75, 3.05) is 7.11 Å². The van der Waals surface area contributed by atoms with Crippen LogP contribution in [0.15, 0.2) is 12.3 Å². The second-order valence-electron chi connectivity index (χ2n) is 2.57. The van der Waals surface area contributed by atoms with Crippen molar-refractivity contribution in [2.24, 2.45) is 0 Å². The molecule has 82 valence electrons. The molecule has 0 bridgehead atoms. The van der Waals surface area contributed by atoms with Crippen LogP contribution in [0.5, 0.6) is 5.75 Å². The van der Waals surface area contributed by atoms with Gasteiger partial charge in [0.1, 0.15) is 17.0 Å². The van der Waals surface area contributed by atoms with Crippen LogP contribution >= 0.6 is 0 Å². The van der Waals surface area contributed by atoms with E-state index in [2.05, 4.69) is 9.72 Å². The molecule has 7 heteroatoms. The second-order valence-corrected chi connectivity index (χ2v) is 2.57. The topological polar surface area (TPSA) is 59.4 Å². The van der Waals surface area contributed by atoms with Crippen molar-refractivity contribution >= 4 is 5.97 Å². The van der Waals surface area contributed by atoms with Crippen LogP contribution in [0, 0.1) is 0 Å². The molecule has 1 rings (SSSR count). The van der Waals surface area contributed by atoms with Crippen molar-refractivity contribution in [1.29, 1.82) is 0 Å². The molecule has 0 saturated heterocycles. The van der Waals surface area contributed by atoms with E-state index in [1.54, 1.807) is 0 Å². The van der Waals surface area contributed by atoms with Crippen molar-refractivity contribution in [1.82, 2.24) is 4.98 Å². The van der Waals surface area contributed by atoms with Crippen molar-refractivity contribution < 1.29 is 27.8 Å². The quantitative estimate of drug-likeness (QED) is 0.827. The van der Waals surface area contributed by atoms with Gasteiger partial charge in [-0.15, -0.1) is 0 Å². The number of ether oxygens (including phenoxy) is 1. The van der Waals surface area contributed by atoms with Crippen LogP contribution in [-0.4, -0.2) is 23.2 Å². The molecule has 0 aliphatic carbocycles. The number of hydrogen-bond acceptors (Lipinski definition) is 3. The first-order chi connectivity index (χ1) is 6.86. The van der Waals surface area contributed by atoms with Gasteiger partial charge < -0.3 is 9.84 Å². The molecule has 0 atom stereocenters. The maximum absolute atomic E-state index is 12.4. The zero-order chi connectivity index (χ0) is 11.6. The SMILES string of the molecule is COc1cnc(C(=O)O)cc1C(F)(F)F. The molecule has 0 aromatic carbocycles. The van der Waals surface area contributed by atoms with E-state index in [4.69, 9.17) is 5.11 Å². The van der Waals surface area contributed by atoms with Crippen LogP contribution in [0.2, 0.25) is 0 Å². The lowest BCUT2D eigenvalue weighted by Crippen LogP contribution is -2.11. The maximum Gasteiger partial charge on any atom is 0.420 e. The summed E-state index contributed by atoms with van der Waals surface area (Å²) in [5.74, 6) is -2.03. The molecule has 0 unspecified atom stereocenters. The van der Waals surface area contributed by atoms with Gasteiger partial charge in [-0.1, -0.05) is 0 Å². The minimum atomic E-state index is -4.67. The maximum atomic E-state index is 12.4. The lowest BCUT2D eigenvalue weighted by Gasteiger charge is -2.11. The van der Waals surface area contributed by atoms with E-state index in [-0.39, 0.29) is 0 Å². The highest BCUT2D eigenvalue weighted by atomic mass is 19.4. The Hall–Kier alpha value is -1.79. The fourth-order valence-electron chi connectivity index (χ4n) is 0.944. The fraction of sp³-hybridized carbons (Fsp3) is 0.250. The zero-order valence-corrected chi connectivity index (χ0v) is 7.50. The summed E-state index contributed by atoms with van der Waals surface area (Å²) < 4.78 is 41.6. The van der Waals surface area contributed by atoms with E-state index in [1.807, 2.05) is 0 Å². The lowest BCUT2D eigenvalue weighted by molar-refractivity contribution is -0.138. The van der Waals surface area contributed by atoms with E-state index >= 15 is 0 Å². The van der Waals surface area contributed by atoms with Gasteiger partial charge in [0.25, 0.3) is 0 Å². The van der Waals surface area contributed by atoms with Gasteiger partial charge >= 0.3 is 12.1 Å². The standard InChI is InChI=1S/C8H6F3NO3/c1-15-6-3-12-5(7(13)14)2-4(6)8(9,10)11/h2-3H,1H3,(H,13,14). The van der Waals surface area contributed by atoms with Gasteiger partial charge in [0.2, 0.25) is 0 Å². The second kappa shape index (κ2) is 3.76. The Morgan fingerprint density at radius 2 is 2.13 bits per heavy atom. The first-order valence-electron chi connectivity index (χ1n) is 3.70. The summed E-state index contributed by atoms with van der Waals surface area (Å²) >= 11 is 0. The molecule has 1 aromatic heterocycles. The number of alkyl halides is 3. The molecule has 0 saturated carbocycles. The van der Waals surface area contributed by atoms with Crippen LogP contribution in [0.25, 0.3) is 0 Å². The molecule has 1 aromatic rings. The summed E-state index contributed by atoms with van der Waals surface area (Å²) in [5, 5.41) is 8.47. The van der Waals surface area contributed by atoms with E-state index in [0.717, 1.165) is 13.3 Å². The molecular formula is C8H6F3NO3. The Morgan fingerprint density at radius 3 is 2.53 bits per heavy atom. The monoisotopic (exact) mass is 221 g/mol. The zero-order valence-electron chi connectivity index (χ0n) is 7.50. The summed E-state index contributed by atoms with van der Waals surface area (Å²) in [7, 11) is 1.05. The summed E-state index contributed by atoms with van der Waals surface area (Å²) in [6, 6.07) is 0.432. The Morgan fingerprint density at radius 1 is 1.53 bits per heavy atom. The normalized spacial score (nSPS) is 11.2. The highest BCUT2D eigenvalue weighted by Crippen LogP contribution is 2.35. The number of methoxy groups -OCH3 is 1. The predicted octanol–water partition coefficient (Wildman–Crippen LogP) is 1.81. The van der Waals surface area contributed by atoms with E-state index in [0.29, 0.717) is 6.07 Å². The number of hydrogen-bond donors (Lipinski definition) is 1. The van der Waals surface area contributed by atoms with Gasteiger partial charge in [-0.05, 0) is 6.07 Å². The third kappa shape index (κ3) is 2.36. The Labute approximate surface area is 82.3 Å². The van der Waals surface area contributed by atoms with Crippen LogP contribution in [0.3, 0.4) is 0 Å². The molecule has 1 N–H and O–H groups in total. The van der Waals surface area contributed by atoms with Gasteiger partial charge in [-0.2, -0.15) is 13.2 Å². The van der Waals surface area contributed by atoms with Gasteiger partial charge in [-0.25, -0.2) is 9.78 Å². The molecule has 0 amide bonds. The highest BCUT2D eigenvalue weighted by molar-refractivity contribution is 5.85. The van der Waals surface area contributed by atoms with Gasteiger partial charge in [0, 0.05) is 0 Å². The Bertz CT molecular complexity index is 389. The number of rotatable bonds is 2. The fourth-order valence-corrected chi connectivity index (χ4v) is 0.944. The molecule has 0 fully saturated rings. The molecule has 0 radical (unpaired) electrons. The van der Waals surface area contributed by atoms with Crippen molar-refractivity contribution in [3.8, 4) is 5.75 Å². The largest absolute Gasteiger partial charge is 0.495 e. The number of aromatic carboxylic acids is 1. The number of carbonyl (C=O) groups is 1. The van der Waals surface area contributed by atoms with Gasteiger partial charge in [0.05, 0.1) is 13.3 Å². The van der Waals surface area contributed by atoms with E-state index in [1.165, 1.54) is 0 Å². The Kier molecular flexibility index (Phi) is 2.83. The summed E-state index contributed by atoms with van der Waals surface area (Å²) in [6.07, 6.45) is -3.94. The summed E-state index contributed by atoms with van der Waals surface area (Å²) in [5.41, 5.74) is -1.83. The van der Waals surface area contributed by atoms with Crippen molar-refractivity contribution in [2.45, 2.75) is 6.18 Å². The van der Waals surface area contributed by atoms with Crippen LogP contribution in [0.4, 0.5) is 13.2 Å². The first-order valence-corrected chi connectivity index (χ1v) is 3.70. The Balaban J connectivity index is 3.32. The number of carboxylic acid groups (broad SMARTS) is 1. The van der Waals surface area contributed by atoms with Gasteiger partial charge in [-0.3, -0.25) is 0 Å². The average molecular weight is 221 g/mol. The van der Waals surface area contributed by atoms with Crippen LogP contribution in [-0.2, 0) is 6.18 Å². The predicted molar refractivity (Wildman–Crippen MR) is 42.8 cm³/mol. The molecule has 0 aliphatic heterocycles. The van der Waals surface area contributed by atoms with Crippen LogP contribution in [0.1, 0.15) is 16.1 Å². The summed E-state index contributed by atoms with van der Waals surface area (Å²) in [4.78, 5) is 13.7. The average Bonchev–Trinajstić information content (AvgIpc) is 2.15. The first kappa shape index (κ1) is 11.3. The van der Waals surface area contributed by atoms with Crippen molar-refractivity contribution in [3.05, 3.63) is 23.5 Å². The molecule has 1 heterocycles. The molecular weight excluding hydrogens is 215 g/mol. The van der Waals surface area contributed by atoms with E-state index in [9.17, 15) is 18.0 Å². The molecule has 0 aliphatic rings. The van der Waals surface area contributed by atoms with Crippen LogP contribution < -0.4 is 4.74 Å².